The molecule has 1 N–H and O–H groups in total. The van der Waals surface area contributed by atoms with Crippen molar-refractivity contribution in [3.63, 3.8) is 0 Å². The molecule has 5 rings (SSSR count). The zero-order valence-electron chi connectivity index (χ0n) is 17.9. The van der Waals surface area contributed by atoms with Crippen LogP contribution in [0.1, 0.15) is 39.9 Å². The van der Waals surface area contributed by atoms with Crippen LogP contribution in [0.2, 0.25) is 0 Å². The molecule has 0 atom stereocenters. The Bertz CT molecular complexity index is 1190. The molecule has 1 fully saturated rings. The molecule has 2 aliphatic rings. The predicted molar refractivity (Wildman–Crippen MR) is 121 cm³/mol. The number of hydrogen-bond acceptors (Lipinski definition) is 6. The van der Waals surface area contributed by atoms with Gasteiger partial charge in [-0.1, -0.05) is 12.1 Å². The van der Waals surface area contributed by atoms with Gasteiger partial charge >= 0.3 is 0 Å². The molecule has 7 nitrogen and oxygen atoms in total. The second-order valence-corrected chi connectivity index (χ2v) is 7.83. The number of aromatic nitrogens is 2. The van der Waals surface area contributed by atoms with E-state index in [2.05, 4.69) is 15.3 Å². The molecule has 32 heavy (non-hydrogen) atoms. The van der Waals surface area contributed by atoms with Gasteiger partial charge in [-0.15, -0.1) is 0 Å². The number of carbonyl (C=O) groups is 1. The summed E-state index contributed by atoms with van der Waals surface area (Å²) in [7, 11) is 1.62. The Morgan fingerprint density at radius 3 is 2.75 bits per heavy atom. The zero-order valence-corrected chi connectivity index (χ0v) is 17.9. The second-order valence-electron chi connectivity index (χ2n) is 7.83. The third kappa shape index (κ3) is 3.99. The minimum atomic E-state index is -0.127. The summed E-state index contributed by atoms with van der Waals surface area (Å²) in [4.78, 5) is 25.9. The normalized spacial score (nSPS) is 15.7. The van der Waals surface area contributed by atoms with Crippen molar-refractivity contribution >= 4 is 11.6 Å². The molecule has 162 valence electrons. The number of amides is 1. The Morgan fingerprint density at radius 2 is 1.91 bits per heavy atom. The number of aliphatic imine (C=N–C) groups is 1. The minimum absolute atomic E-state index is 0.102. The molecule has 0 unspecified atom stereocenters. The minimum Gasteiger partial charge on any atom is -0.474 e. The average Bonchev–Trinajstić information content (AvgIpc) is 3.30. The Labute approximate surface area is 186 Å². The molecule has 1 aromatic carbocycles. The first kappa shape index (κ1) is 20.3. The van der Waals surface area contributed by atoms with Gasteiger partial charge < -0.3 is 14.8 Å². The Balaban J connectivity index is 1.48. The number of ether oxygens (including phenoxy) is 2. The van der Waals surface area contributed by atoms with E-state index < -0.39 is 0 Å². The molecule has 0 aliphatic carbocycles. The standard InChI is InChI=1S/C25H24N4O3/c1-26-24(30)18-4-2-3-16(13-18)21-14-17(5-9-27-21)23-22-19(15-29-23)6-10-28-25(22)32-20-7-11-31-12-8-20/h2-6,9-10,13-14,20H,7-8,11-12,15H2,1H3,(H,26,30). The van der Waals surface area contributed by atoms with Crippen LogP contribution >= 0.6 is 0 Å². The third-order valence-electron chi connectivity index (χ3n) is 5.77. The van der Waals surface area contributed by atoms with Crippen molar-refractivity contribution in [3.8, 4) is 17.1 Å². The molecule has 7 heteroatoms. The van der Waals surface area contributed by atoms with Crippen LogP contribution in [0.15, 0.2) is 59.9 Å². The molecule has 2 aliphatic heterocycles. The van der Waals surface area contributed by atoms with Gasteiger partial charge in [-0.25, -0.2) is 4.98 Å². The van der Waals surface area contributed by atoms with Gasteiger partial charge in [-0.2, -0.15) is 0 Å². The van der Waals surface area contributed by atoms with Crippen LogP contribution in [0.25, 0.3) is 11.3 Å². The van der Waals surface area contributed by atoms with Crippen molar-refractivity contribution in [2.45, 2.75) is 25.5 Å². The van der Waals surface area contributed by atoms with Crippen molar-refractivity contribution in [3.05, 3.63) is 77.1 Å². The summed E-state index contributed by atoms with van der Waals surface area (Å²) in [6.45, 7) is 2.02. The SMILES string of the molecule is CNC(=O)c1cccc(-c2cc(C3=NCc4ccnc(OC5CCOCC5)c43)ccn2)c1. The van der Waals surface area contributed by atoms with E-state index in [9.17, 15) is 4.79 Å². The van der Waals surface area contributed by atoms with Crippen molar-refractivity contribution in [1.82, 2.24) is 15.3 Å². The number of rotatable bonds is 5. The molecule has 1 saturated heterocycles. The summed E-state index contributed by atoms with van der Waals surface area (Å²) in [6, 6.07) is 13.4. The van der Waals surface area contributed by atoms with E-state index in [0.717, 1.165) is 46.5 Å². The molecule has 0 spiro atoms. The van der Waals surface area contributed by atoms with Crippen molar-refractivity contribution in [1.29, 1.82) is 0 Å². The largest absolute Gasteiger partial charge is 0.474 e. The maximum Gasteiger partial charge on any atom is 0.251 e. The first-order valence-electron chi connectivity index (χ1n) is 10.8. The predicted octanol–water partition coefficient (Wildman–Crippen LogP) is 3.41. The number of fused-ring (bicyclic) bond motifs is 1. The van der Waals surface area contributed by atoms with E-state index in [-0.39, 0.29) is 12.0 Å². The van der Waals surface area contributed by atoms with Crippen LogP contribution in [-0.2, 0) is 11.3 Å². The summed E-state index contributed by atoms with van der Waals surface area (Å²) in [6.07, 6.45) is 5.38. The highest BCUT2D eigenvalue weighted by atomic mass is 16.5. The van der Waals surface area contributed by atoms with Crippen molar-refractivity contribution in [2.75, 3.05) is 20.3 Å². The topological polar surface area (TPSA) is 85.7 Å². The Morgan fingerprint density at radius 1 is 1.06 bits per heavy atom. The molecule has 3 aromatic rings. The van der Waals surface area contributed by atoms with E-state index in [1.54, 1.807) is 25.5 Å². The number of carbonyl (C=O) groups excluding carboxylic acids is 1. The highest BCUT2D eigenvalue weighted by Crippen LogP contribution is 2.32. The summed E-state index contributed by atoms with van der Waals surface area (Å²) >= 11 is 0. The smallest absolute Gasteiger partial charge is 0.251 e. The van der Waals surface area contributed by atoms with Crippen LogP contribution in [-0.4, -0.2) is 48.0 Å². The lowest BCUT2D eigenvalue weighted by atomic mass is 9.99. The van der Waals surface area contributed by atoms with Gasteiger partial charge in [0.1, 0.15) is 6.10 Å². The number of benzene rings is 1. The molecule has 4 heterocycles. The van der Waals surface area contributed by atoms with Crippen LogP contribution in [0.4, 0.5) is 0 Å². The van der Waals surface area contributed by atoms with E-state index >= 15 is 0 Å². The van der Waals surface area contributed by atoms with Gasteiger partial charge in [-0.05, 0) is 35.9 Å². The van der Waals surface area contributed by atoms with E-state index in [1.165, 1.54) is 0 Å². The number of nitrogens with zero attached hydrogens (tertiary/aromatic N) is 3. The lowest BCUT2D eigenvalue weighted by Crippen LogP contribution is -2.27. The third-order valence-corrected chi connectivity index (χ3v) is 5.77. The molecule has 2 aromatic heterocycles. The highest BCUT2D eigenvalue weighted by molar-refractivity contribution is 6.16. The van der Waals surface area contributed by atoms with Crippen LogP contribution in [0.3, 0.4) is 0 Å². The Hall–Kier alpha value is -3.58. The summed E-state index contributed by atoms with van der Waals surface area (Å²) in [5, 5.41) is 2.66. The second kappa shape index (κ2) is 8.88. The molecule has 0 radical (unpaired) electrons. The first-order chi connectivity index (χ1) is 15.7. The van der Waals surface area contributed by atoms with Crippen LogP contribution in [0, 0.1) is 0 Å². The summed E-state index contributed by atoms with van der Waals surface area (Å²) in [5.41, 5.74) is 6.12. The fourth-order valence-electron chi connectivity index (χ4n) is 4.09. The maximum absolute atomic E-state index is 12.0. The lowest BCUT2D eigenvalue weighted by Gasteiger charge is -2.24. The van der Waals surface area contributed by atoms with Gasteiger partial charge in [-0.3, -0.25) is 14.8 Å². The number of nitrogens with one attached hydrogen (secondary N) is 1. The Kier molecular flexibility index (Phi) is 5.64. The molecule has 0 bridgehead atoms. The van der Waals surface area contributed by atoms with Crippen molar-refractivity contribution in [2.24, 2.45) is 4.99 Å². The summed E-state index contributed by atoms with van der Waals surface area (Å²) in [5.74, 6) is 0.503. The molecular weight excluding hydrogens is 404 g/mol. The summed E-state index contributed by atoms with van der Waals surface area (Å²) < 4.78 is 11.7. The first-order valence-corrected chi connectivity index (χ1v) is 10.8. The van der Waals surface area contributed by atoms with Gasteiger partial charge in [0.15, 0.2) is 0 Å². The van der Waals surface area contributed by atoms with Crippen LogP contribution < -0.4 is 10.1 Å². The fourth-order valence-corrected chi connectivity index (χ4v) is 4.09. The van der Waals surface area contributed by atoms with Crippen molar-refractivity contribution < 1.29 is 14.3 Å². The fraction of sp³-hybridized carbons (Fsp3) is 0.280. The quantitative estimate of drug-likeness (QED) is 0.673. The van der Waals surface area contributed by atoms with Gasteiger partial charge in [0.05, 0.1) is 36.7 Å². The molecule has 1 amide bonds. The zero-order chi connectivity index (χ0) is 21.9. The lowest BCUT2D eigenvalue weighted by molar-refractivity contribution is 0.0236. The van der Waals surface area contributed by atoms with Gasteiger partial charge in [0, 0.05) is 49.0 Å². The monoisotopic (exact) mass is 428 g/mol. The molecular formula is C25H24N4O3. The maximum atomic E-state index is 12.0. The molecule has 0 saturated carbocycles. The van der Waals surface area contributed by atoms with Crippen LogP contribution in [0.5, 0.6) is 5.88 Å². The number of pyridine rings is 2. The van der Waals surface area contributed by atoms with E-state index in [0.29, 0.717) is 31.2 Å². The highest BCUT2D eigenvalue weighted by Gasteiger charge is 2.26. The van der Waals surface area contributed by atoms with E-state index in [4.69, 9.17) is 14.5 Å². The van der Waals surface area contributed by atoms with E-state index in [1.807, 2.05) is 36.4 Å². The van der Waals surface area contributed by atoms with Gasteiger partial charge in [0.2, 0.25) is 5.88 Å². The average molecular weight is 428 g/mol. The van der Waals surface area contributed by atoms with Gasteiger partial charge in [0.25, 0.3) is 5.91 Å². The number of hydrogen-bond donors (Lipinski definition) is 1.